The average molecular weight is 462 g/mol. The Hall–Kier alpha value is -3.11. The highest BCUT2D eigenvalue weighted by atomic mass is 32.2. The van der Waals surface area contributed by atoms with Crippen LogP contribution < -0.4 is 10.3 Å². The molecule has 1 atom stereocenters. The number of halogens is 1. The summed E-state index contributed by atoms with van der Waals surface area (Å²) in [6.07, 6.45) is 1.78. The Morgan fingerprint density at radius 2 is 1.88 bits per heavy atom. The molecule has 170 valence electrons. The summed E-state index contributed by atoms with van der Waals surface area (Å²) in [6, 6.07) is 9.69. The SMILES string of the molecule is COc1ccc(-c2ccc3c(=O)n(CC[C@](C)(C(=O)CO)S(C)(=O)=O)cnc3c2F)cc1. The first kappa shape index (κ1) is 23.6. The van der Waals surface area contributed by atoms with Crippen molar-refractivity contribution >= 4 is 26.5 Å². The first-order valence-corrected chi connectivity index (χ1v) is 11.6. The lowest BCUT2D eigenvalue weighted by Gasteiger charge is -2.25. The number of hydrogen-bond donors (Lipinski definition) is 1. The van der Waals surface area contributed by atoms with E-state index >= 15 is 4.39 Å². The van der Waals surface area contributed by atoms with Crippen LogP contribution in [0.15, 0.2) is 47.5 Å². The molecule has 0 saturated heterocycles. The molecule has 0 saturated carbocycles. The first-order valence-electron chi connectivity index (χ1n) is 9.69. The number of ketones is 1. The maximum atomic E-state index is 15.1. The van der Waals surface area contributed by atoms with Crippen LogP contribution in [0.25, 0.3) is 22.0 Å². The van der Waals surface area contributed by atoms with Gasteiger partial charge >= 0.3 is 0 Å². The molecule has 0 fully saturated rings. The van der Waals surface area contributed by atoms with Gasteiger partial charge in [0.2, 0.25) is 0 Å². The van der Waals surface area contributed by atoms with Crippen molar-refractivity contribution in [3.05, 3.63) is 58.9 Å². The number of aryl methyl sites for hydroxylation is 1. The molecule has 0 radical (unpaired) electrons. The van der Waals surface area contributed by atoms with Gasteiger partial charge in [0.05, 0.1) is 18.8 Å². The molecule has 0 aliphatic heterocycles. The zero-order valence-corrected chi connectivity index (χ0v) is 18.6. The normalized spacial score (nSPS) is 13.7. The summed E-state index contributed by atoms with van der Waals surface area (Å²) in [5, 5.41) is 9.19. The number of carbonyl (C=O) groups is 1. The number of sulfone groups is 1. The van der Waals surface area contributed by atoms with Gasteiger partial charge in [0.25, 0.3) is 5.56 Å². The number of ether oxygens (including phenoxy) is 1. The molecule has 0 amide bonds. The zero-order chi connectivity index (χ0) is 23.7. The molecule has 10 heteroatoms. The molecule has 0 spiro atoms. The molecule has 1 aromatic heterocycles. The summed E-state index contributed by atoms with van der Waals surface area (Å²) in [7, 11) is -2.34. The van der Waals surface area contributed by atoms with E-state index in [1.807, 2.05) is 0 Å². The zero-order valence-electron chi connectivity index (χ0n) is 17.8. The van der Waals surface area contributed by atoms with Crippen molar-refractivity contribution in [1.82, 2.24) is 9.55 Å². The van der Waals surface area contributed by atoms with Gasteiger partial charge < -0.3 is 9.84 Å². The lowest BCUT2D eigenvalue weighted by atomic mass is 10.0. The van der Waals surface area contributed by atoms with Crippen LogP contribution in [0.3, 0.4) is 0 Å². The predicted octanol–water partition coefficient (Wildman–Crippen LogP) is 1.97. The van der Waals surface area contributed by atoms with Crippen LogP contribution in [0.4, 0.5) is 4.39 Å². The topological polar surface area (TPSA) is 116 Å². The maximum Gasteiger partial charge on any atom is 0.261 e. The summed E-state index contributed by atoms with van der Waals surface area (Å²) < 4.78 is 43.8. The highest BCUT2D eigenvalue weighted by Gasteiger charge is 2.42. The van der Waals surface area contributed by atoms with Gasteiger partial charge in [-0.05, 0) is 37.1 Å². The van der Waals surface area contributed by atoms with Crippen molar-refractivity contribution in [1.29, 1.82) is 0 Å². The molecule has 3 rings (SSSR count). The maximum absolute atomic E-state index is 15.1. The van der Waals surface area contributed by atoms with E-state index in [1.165, 1.54) is 26.2 Å². The van der Waals surface area contributed by atoms with Crippen molar-refractivity contribution in [2.45, 2.75) is 24.6 Å². The van der Waals surface area contributed by atoms with E-state index in [1.54, 1.807) is 24.3 Å². The second-order valence-corrected chi connectivity index (χ2v) is 10.1. The van der Waals surface area contributed by atoms with Crippen molar-refractivity contribution in [2.24, 2.45) is 0 Å². The number of aromatic nitrogens is 2. The van der Waals surface area contributed by atoms with Crippen LogP contribution in [0, 0.1) is 5.82 Å². The molecule has 2 aromatic carbocycles. The van der Waals surface area contributed by atoms with Crippen molar-refractivity contribution in [2.75, 3.05) is 20.0 Å². The van der Waals surface area contributed by atoms with Gasteiger partial charge in [-0.25, -0.2) is 17.8 Å². The van der Waals surface area contributed by atoms with Crippen molar-refractivity contribution in [3.63, 3.8) is 0 Å². The number of fused-ring (bicyclic) bond motifs is 1. The van der Waals surface area contributed by atoms with E-state index in [9.17, 15) is 18.0 Å². The summed E-state index contributed by atoms with van der Waals surface area (Å²) >= 11 is 0. The summed E-state index contributed by atoms with van der Waals surface area (Å²) in [5.74, 6) is -0.901. The summed E-state index contributed by atoms with van der Waals surface area (Å²) in [4.78, 5) is 29.0. The number of rotatable bonds is 8. The minimum Gasteiger partial charge on any atom is -0.497 e. The Morgan fingerprint density at radius 3 is 2.44 bits per heavy atom. The van der Waals surface area contributed by atoms with E-state index in [4.69, 9.17) is 9.84 Å². The number of methoxy groups -OCH3 is 1. The number of benzene rings is 2. The molecule has 0 unspecified atom stereocenters. The summed E-state index contributed by atoms with van der Waals surface area (Å²) in [6.45, 7) is 0.119. The van der Waals surface area contributed by atoms with Crippen LogP contribution in [-0.4, -0.2) is 53.6 Å². The lowest BCUT2D eigenvalue weighted by molar-refractivity contribution is -0.124. The van der Waals surface area contributed by atoms with Crippen LogP contribution in [0.1, 0.15) is 13.3 Å². The fraction of sp³-hybridized carbons (Fsp3) is 0.318. The van der Waals surface area contributed by atoms with Crippen LogP contribution in [0.5, 0.6) is 5.75 Å². The Morgan fingerprint density at radius 1 is 1.22 bits per heavy atom. The molecule has 32 heavy (non-hydrogen) atoms. The Bertz CT molecular complexity index is 1340. The second kappa shape index (κ2) is 8.79. The molecule has 1 N–H and O–H groups in total. The lowest BCUT2D eigenvalue weighted by Crippen LogP contribution is -2.46. The first-order chi connectivity index (χ1) is 15.0. The third-order valence-corrected chi connectivity index (χ3v) is 7.78. The van der Waals surface area contributed by atoms with Gasteiger partial charge in [0.1, 0.15) is 22.6 Å². The molecule has 0 bridgehead atoms. The van der Waals surface area contributed by atoms with E-state index in [0.717, 1.165) is 17.2 Å². The van der Waals surface area contributed by atoms with E-state index in [2.05, 4.69) is 4.98 Å². The predicted molar refractivity (Wildman–Crippen MR) is 118 cm³/mol. The van der Waals surface area contributed by atoms with E-state index in [0.29, 0.717) is 11.3 Å². The summed E-state index contributed by atoms with van der Waals surface area (Å²) in [5.41, 5.74) is 0.171. The fourth-order valence-corrected chi connectivity index (χ4v) is 4.32. The van der Waals surface area contributed by atoms with Gasteiger partial charge in [-0.3, -0.25) is 14.2 Å². The van der Waals surface area contributed by atoms with Gasteiger partial charge in [-0.15, -0.1) is 0 Å². The molecular weight excluding hydrogens is 439 g/mol. The molecule has 0 aliphatic carbocycles. The third kappa shape index (κ3) is 4.15. The van der Waals surface area contributed by atoms with Crippen LogP contribution in [-0.2, 0) is 21.2 Å². The molecule has 1 heterocycles. The largest absolute Gasteiger partial charge is 0.497 e. The van der Waals surface area contributed by atoms with E-state index in [-0.39, 0.29) is 29.4 Å². The Balaban J connectivity index is 1.99. The number of aliphatic hydroxyl groups is 1. The highest BCUT2D eigenvalue weighted by molar-refractivity contribution is 7.92. The monoisotopic (exact) mass is 462 g/mol. The number of hydrogen-bond acceptors (Lipinski definition) is 7. The molecular formula is C22H23FN2O6S. The average Bonchev–Trinajstić information content (AvgIpc) is 2.77. The fourth-order valence-electron chi connectivity index (χ4n) is 3.38. The molecule has 0 aliphatic rings. The minimum absolute atomic E-state index is 0.0248. The van der Waals surface area contributed by atoms with Crippen LogP contribution in [0.2, 0.25) is 0 Å². The number of aliphatic hydroxyl groups excluding tert-OH is 1. The van der Waals surface area contributed by atoms with Gasteiger partial charge in [0, 0.05) is 18.4 Å². The standard InChI is InChI=1S/C22H23FN2O6S/c1-22(18(27)12-26,32(3,29)30)10-11-25-13-24-20-17(21(25)28)9-8-16(19(20)23)14-4-6-15(31-2)7-5-14/h4-9,13,26H,10-12H2,1-3H3/t22-/m1/s1. The van der Waals surface area contributed by atoms with Gasteiger partial charge in [0.15, 0.2) is 21.4 Å². The Labute approximate surface area is 184 Å². The number of carbonyl (C=O) groups excluding carboxylic acids is 1. The third-order valence-electron chi connectivity index (χ3n) is 5.72. The minimum atomic E-state index is -3.86. The van der Waals surface area contributed by atoms with Crippen molar-refractivity contribution < 1.29 is 27.4 Å². The van der Waals surface area contributed by atoms with Gasteiger partial charge in [-0.1, -0.05) is 18.2 Å². The Kier molecular flexibility index (Phi) is 6.47. The van der Waals surface area contributed by atoms with E-state index < -0.39 is 38.4 Å². The number of nitrogens with zero attached hydrogens (tertiary/aromatic N) is 2. The second-order valence-electron chi connectivity index (χ2n) is 7.63. The smallest absolute Gasteiger partial charge is 0.261 e. The van der Waals surface area contributed by atoms with Gasteiger partial charge in [-0.2, -0.15) is 0 Å². The van der Waals surface area contributed by atoms with Crippen molar-refractivity contribution in [3.8, 4) is 16.9 Å². The van der Waals surface area contributed by atoms with Crippen LogP contribution >= 0.6 is 0 Å². The molecule has 3 aromatic rings. The number of Topliss-reactive ketones (excluding diaryl/α,β-unsaturated/α-hetero) is 1. The molecule has 8 nitrogen and oxygen atoms in total. The quantitative estimate of drug-likeness (QED) is 0.544. The highest BCUT2D eigenvalue weighted by Crippen LogP contribution is 2.28.